The normalized spacial score (nSPS) is 12.4. The lowest BCUT2D eigenvalue weighted by Gasteiger charge is -2.08. The third kappa shape index (κ3) is 11.5. The fraction of sp³-hybridized carbons (Fsp3) is 0.923. The molecule has 0 aromatic carbocycles. The molecule has 3 nitrogen and oxygen atoms in total. The van der Waals surface area contributed by atoms with Crippen LogP contribution in [-0.2, 0) is 9.53 Å². The van der Waals surface area contributed by atoms with Crippen LogP contribution in [0.1, 0.15) is 71.1 Å². The largest absolute Gasteiger partial charge is 0.449 e. The van der Waals surface area contributed by atoms with Gasteiger partial charge in [0.1, 0.15) is 0 Å². The summed E-state index contributed by atoms with van der Waals surface area (Å²) >= 11 is 0. The lowest BCUT2D eigenvalue weighted by Crippen LogP contribution is -2.22. The van der Waals surface area contributed by atoms with Crippen molar-refractivity contribution in [1.82, 2.24) is 0 Å². The first-order chi connectivity index (χ1) is 7.81. The molecule has 0 radical (unpaired) electrons. The summed E-state index contributed by atoms with van der Waals surface area (Å²) in [6, 6.07) is 0. The summed E-state index contributed by atoms with van der Waals surface area (Å²) in [7, 11) is 0. The minimum Gasteiger partial charge on any atom is -0.449 e. The predicted molar refractivity (Wildman–Crippen MR) is 67.0 cm³/mol. The van der Waals surface area contributed by atoms with Crippen LogP contribution in [0.15, 0.2) is 0 Å². The molecule has 0 aliphatic rings. The van der Waals surface area contributed by atoms with Gasteiger partial charge in [-0.1, -0.05) is 58.3 Å². The van der Waals surface area contributed by atoms with Gasteiger partial charge in [0.2, 0.25) is 0 Å². The number of carbonyl (C=O) groups is 1. The summed E-state index contributed by atoms with van der Waals surface area (Å²) in [6.45, 7) is 2.67. The topological polar surface area (TPSA) is 52.3 Å². The van der Waals surface area contributed by atoms with Crippen LogP contribution in [0.3, 0.4) is 0 Å². The molecule has 0 aliphatic heterocycles. The number of unbranched alkanes of at least 4 members (excludes halogenated alkanes) is 8. The summed E-state index contributed by atoms with van der Waals surface area (Å²) < 4.78 is 4.61. The highest BCUT2D eigenvalue weighted by Gasteiger charge is 2.00. The first-order valence-electron chi connectivity index (χ1n) is 6.66. The van der Waals surface area contributed by atoms with Gasteiger partial charge in [-0.2, -0.15) is 0 Å². The Kier molecular flexibility index (Phi) is 12.1. The number of nitrogens with two attached hydrogens (primary N) is 1. The Labute approximate surface area is 99.7 Å². The summed E-state index contributed by atoms with van der Waals surface area (Å²) in [4.78, 5) is 9.97. The van der Waals surface area contributed by atoms with Gasteiger partial charge in [-0.15, -0.1) is 0 Å². The van der Waals surface area contributed by atoms with E-state index in [1.807, 2.05) is 0 Å². The zero-order chi connectivity index (χ0) is 12.1. The van der Waals surface area contributed by atoms with Crippen molar-refractivity contribution in [2.24, 2.45) is 5.73 Å². The van der Waals surface area contributed by atoms with E-state index in [9.17, 15) is 4.79 Å². The van der Waals surface area contributed by atoms with E-state index in [2.05, 4.69) is 11.7 Å². The van der Waals surface area contributed by atoms with E-state index >= 15 is 0 Å². The summed E-state index contributed by atoms with van der Waals surface area (Å²) in [5.74, 6) is 0. The molecular weight excluding hydrogens is 202 g/mol. The van der Waals surface area contributed by atoms with Crippen LogP contribution in [0, 0.1) is 0 Å². The second kappa shape index (κ2) is 12.5. The number of ether oxygens (including phenoxy) is 1. The molecule has 0 rings (SSSR count). The van der Waals surface area contributed by atoms with E-state index in [4.69, 9.17) is 5.73 Å². The van der Waals surface area contributed by atoms with Crippen molar-refractivity contribution in [3.05, 3.63) is 0 Å². The Morgan fingerprint density at radius 1 is 1.00 bits per heavy atom. The van der Waals surface area contributed by atoms with Gasteiger partial charge in [-0.3, -0.25) is 10.5 Å². The van der Waals surface area contributed by atoms with E-state index in [-0.39, 0.29) is 0 Å². The van der Waals surface area contributed by atoms with Gasteiger partial charge >= 0.3 is 0 Å². The molecule has 0 bridgehead atoms. The Bertz CT molecular complexity index is 151. The van der Waals surface area contributed by atoms with Gasteiger partial charge in [0, 0.05) is 0 Å². The van der Waals surface area contributed by atoms with E-state index in [0.29, 0.717) is 6.47 Å². The molecule has 0 aromatic heterocycles. The summed E-state index contributed by atoms with van der Waals surface area (Å²) in [5.41, 5.74) is 5.53. The van der Waals surface area contributed by atoms with Crippen LogP contribution in [0.2, 0.25) is 0 Å². The Morgan fingerprint density at radius 2 is 1.50 bits per heavy atom. The van der Waals surface area contributed by atoms with E-state index in [0.717, 1.165) is 12.8 Å². The maximum absolute atomic E-state index is 9.97. The smallest absolute Gasteiger partial charge is 0.294 e. The zero-order valence-electron chi connectivity index (χ0n) is 10.6. The molecule has 96 valence electrons. The average molecular weight is 229 g/mol. The van der Waals surface area contributed by atoms with Gasteiger partial charge in [0.25, 0.3) is 6.47 Å². The molecular formula is C13H27NO2. The second-order valence-corrected chi connectivity index (χ2v) is 4.39. The molecule has 1 unspecified atom stereocenters. The Morgan fingerprint density at radius 3 is 2.00 bits per heavy atom. The van der Waals surface area contributed by atoms with Crippen LogP contribution in [0.4, 0.5) is 0 Å². The van der Waals surface area contributed by atoms with Crippen LogP contribution >= 0.6 is 0 Å². The SMILES string of the molecule is CCCCCCCCCCCC(N)OC=O. The molecule has 0 aliphatic carbocycles. The van der Waals surface area contributed by atoms with Gasteiger partial charge in [0.15, 0.2) is 6.23 Å². The molecule has 0 heterocycles. The fourth-order valence-corrected chi connectivity index (χ4v) is 1.80. The van der Waals surface area contributed by atoms with Gasteiger partial charge in [0.05, 0.1) is 0 Å². The number of rotatable bonds is 12. The highest BCUT2D eigenvalue weighted by Crippen LogP contribution is 2.10. The first-order valence-corrected chi connectivity index (χ1v) is 6.66. The first kappa shape index (κ1) is 15.4. The minimum atomic E-state index is -0.401. The maximum Gasteiger partial charge on any atom is 0.294 e. The van der Waals surface area contributed by atoms with Gasteiger partial charge in [-0.25, -0.2) is 0 Å². The highest BCUT2D eigenvalue weighted by atomic mass is 16.5. The second-order valence-electron chi connectivity index (χ2n) is 4.39. The molecule has 16 heavy (non-hydrogen) atoms. The lowest BCUT2D eigenvalue weighted by molar-refractivity contribution is -0.133. The molecule has 1 atom stereocenters. The van der Waals surface area contributed by atoms with Crippen molar-refractivity contribution < 1.29 is 9.53 Å². The number of hydrogen-bond donors (Lipinski definition) is 1. The molecule has 0 spiro atoms. The van der Waals surface area contributed by atoms with Crippen LogP contribution in [0.5, 0.6) is 0 Å². The van der Waals surface area contributed by atoms with Crippen LogP contribution in [0.25, 0.3) is 0 Å². The Balaban J connectivity index is 3.00. The quantitative estimate of drug-likeness (QED) is 0.317. The van der Waals surface area contributed by atoms with E-state index < -0.39 is 6.23 Å². The summed E-state index contributed by atoms with van der Waals surface area (Å²) in [6.07, 6.45) is 12.1. The molecule has 0 aromatic rings. The molecule has 0 saturated carbocycles. The Hall–Kier alpha value is -0.570. The lowest BCUT2D eigenvalue weighted by atomic mass is 10.1. The molecule has 2 N–H and O–H groups in total. The van der Waals surface area contributed by atoms with Crippen molar-refractivity contribution in [3.63, 3.8) is 0 Å². The summed E-state index contributed by atoms with van der Waals surface area (Å²) in [5, 5.41) is 0. The van der Waals surface area contributed by atoms with Gasteiger partial charge in [-0.05, 0) is 12.8 Å². The third-order valence-electron chi connectivity index (χ3n) is 2.82. The van der Waals surface area contributed by atoms with Crippen molar-refractivity contribution in [2.75, 3.05) is 0 Å². The predicted octanol–water partition coefficient (Wildman–Crippen LogP) is 3.37. The molecule has 0 saturated heterocycles. The van der Waals surface area contributed by atoms with Crippen LogP contribution in [-0.4, -0.2) is 12.7 Å². The van der Waals surface area contributed by atoms with Crippen molar-refractivity contribution in [2.45, 2.75) is 77.4 Å². The third-order valence-corrected chi connectivity index (χ3v) is 2.82. The monoisotopic (exact) mass is 229 g/mol. The molecule has 0 amide bonds. The number of hydrogen-bond acceptors (Lipinski definition) is 3. The van der Waals surface area contributed by atoms with Crippen LogP contribution < -0.4 is 5.73 Å². The van der Waals surface area contributed by atoms with E-state index in [1.54, 1.807) is 0 Å². The fourth-order valence-electron chi connectivity index (χ4n) is 1.80. The zero-order valence-corrected chi connectivity index (χ0v) is 10.6. The van der Waals surface area contributed by atoms with Gasteiger partial charge < -0.3 is 4.74 Å². The number of carbonyl (C=O) groups excluding carboxylic acids is 1. The highest BCUT2D eigenvalue weighted by molar-refractivity contribution is 5.37. The van der Waals surface area contributed by atoms with Crippen molar-refractivity contribution >= 4 is 6.47 Å². The maximum atomic E-state index is 9.97. The molecule has 3 heteroatoms. The standard InChI is InChI=1S/C13H27NO2/c1-2-3-4-5-6-7-8-9-10-11-13(14)16-12-15/h12-13H,2-11,14H2,1H3. The minimum absolute atomic E-state index is 0.401. The van der Waals surface area contributed by atoms with E-state index in [1.165, 1.54) is 51.4 Å². The van der Waals surface area contributed by atoms with Crippen molar-refractivity contribution in [1.29, 1.82) is 0 Å². The average Bonchev–Trinajstić information content (AvgIpc) is 2.27. The van der Waals surface area contributed by atoms with Crippen molar-refractivity contribution in [3.8, 4) is 0 Å². The molecule has 0 fully saturated rings.